The molecule has 8 nitrogen and oxygen atoms in total. The SMILES string of the molecule is C=N/C=C(\C=C(/CS/C(CC(C)C)=C(\N)c1ccc(OCCOCCN(C)C)cc1)C(=O)O)C1=CCCS1.CN. The molecule has 1 aliphatic rings. The van der Waals surface area contributed by atoms with Crippen molar-refractivity contribution in [2.45, 2.75) is 26.7 Å². The van der Waals surface area contributed by atoms with E-state index < -0.39 is 5.97 Å². The molecule has 2 rings (SSSR count). The topological polar surface area (TPSA) is 123 Å². The molecule has 0 aliphatic carbocycles. The zero-order valence-corrected chi connectivity index (χ0v) is 26.2. The van der Waals surface area contributed by atoms with Crippen molar-refractivity contribution in [3.05, 3.63) is 69.1 Å². The summed E-state index contributed by atoms with van der Waals surface area (Å²) in [6.45, 7) is 10.3. The van der Waals surface area contributed by atoms with Gasteiger partial charge in [0.1, 0.15) is 12.4 Å². The molecule has 0 radical (unpaired) electrons. The molecule has 5 N–H and O–H groups in total. The lowest BCUT2D eigenvalue weighted by atomic mass is 10.1. The number of thioether (sulfide) groups is 2. The molecule has 0 unspecified atom stereocenters. The van der Waals surface area contributed by atoms with Crippen molar-refractivity contribution in [3.63, 3.8) is 0 Å². The molecule has 10 heteroatoms. The highest BCUT2D eigenvalue weighted by Gasteiger charge is 2.16. The van der Waals surface area contributed by atoms with Crippen LogP contribution in [0, 0.1) is 5.92 Å². The van der Waals surface area contributed by atoms with Crippen LogP contribution in [0.25, 0.3) is 5.70 Å². The summed E-state index contributed by atoms with van der Waals surface area (Å²) in [6, 6.07) is 7.67. The van der Waals surface area contributed by atoms with Crippen LogP contribution >= 0.6 is 23.5 Å². The lowest BCUT2D eigenvalue weighted by Crippen LogP contribution is -2.19. The summed E-state index contributed by atoms with van der Waals surface area (Å²) in [5.41, 5.74) is 13.7. The van der Waals surface area contributed by atoms with Gasteiger partial charge in [-0.2, -0.15) is 0 Å². The monoisotopic (exact) mass is 590 g/mol. The molecule has 222 valence electrons. The maximum Gasteiger partial charge on any atom is 0.332 e. The van der Waals surface area contributed by atoms with Gasteiger partial charge < -0.3 is 30.9 Å². The molecule has 1 heterocycles. The largest absolute Gasteiger partial charge is 0.491 e. The van der Waals surface area contributed by atoms with Crippen molar-refractivity contribution >= 4 is 41.9 Å². The van der Waals surface area contributed by atoms with Gasteiger partial charge in [-0.1, -0.05) is 19.9 Å². The van der Waals surface area contributed by atoms with Crippen LogP contribution in [0.1, 0.15) is 32.3 Å². The van der Waals surface area contributed by atoms with Gasteiger partial charge in [-0.05, 0) is 82.5 Å². The summed E-state index contributed by atoms with van der Waals surface area (Å²) in [6.07, 6.45) is 7.15. The fourth-order valence-electron chi connectivity index (χ4n) is 3.48. The predicted molar refractivity (Wildman–Crippen MR) is 173 cm³/mol. The Bertz CT molecular complexity index is 1050. The predicted octanol–water partition coefficient (Wildman–Crippen LogP) is 5.24. The second-order valence-corrected chi connectivity index (χ2v) is 11.7. The number of allylic oxidation sites excluding steroid dienone is 4. The Labute approximate surface area is 248 Å². The van der Waals surface area contributed by atoms with E-state index in [1.165, 1.54) is 18.8 Å². The molecule has 1 aromatic rings. The van der Waals surface area contributed by atoms with Crippen molar-refractivity contribution in [3.8, 4) is 5.75 Å². The summed E-state index contributed by atoms with van der Waals surface area (Å²) >= 11 is 3.18. The molecular weight excluding hydrogens is 544 g/mol. The molecule has 0 saturated carbocycles. The Morgan fingerprint density at radius 3 is 2.48 bits per heavy atom. The highest BCUT2D eigenvalue weighted by molar-refractivity contribution is 8.03. The first-order valence-corrected chi connectivity index (χ1v) is 15.3. The van der Waals surface area contributed by atoms with Crippen LogP contribution in [-0.2, 0) is 9.53 Å². The van der Waals surface area contributed by atoms with Crippen LogP contribution in [0.3, 0.4) is 0 Å². The van der Waals surface area contributed by atoms with Gasteiger partial charge in [0.15, 0.2) is 0 Å². The van der Waals surface area contributed by atoms with Crippen LogP contribution in [-0.4, -0.2) is 81.7 Å². The average molecular weight is 591 g/mol. The number of nitrogens with two attached hydrogens (primary N) is 2. The number of hydrogen-bond acceptors (Lipinski definition) is 9. The van der Waals surface area contributed by atoms with Crippen LogP contribution in [0.5, 0.6) is 5.75 Å². The Morgan fingerprint density at radius 2 is 1.93 bits per heavy atom. The summed E-state index contributed by atoms with van der Waals surface area (Å²) < 4.78 is 11.3. The number of carboxylic acid groups (broad SMARTS) is 1. The summed E-state index contributed by atoms with van der Waals surface area (Å²) in [5.74, 6) is 1.44. The molecule has 1 aliphatic heterocycles. The Kier molecular flexibility index (Phi) is 18.1. The molecule has 0 saturated heterocycles. The molecule has 0 atom stereocenters. The van der Waals surface area contributed by atoms with Gasteiger partial charge in [-0.3, -0.25) is 4.99 Å². The Balaban J connectivity index is 0.00000391. The summed E-state index contributed by atoms with van der Waals surface area (Å²) in [5, 5.41) is 9.90. The lowest BCUT2D eigenvalue weighted by molar-refractivity contribution is -0.132. The van der Waals surface area contributed by atoms with E-state index in [1.807, 2.05) is 38.4 Å². The van der Waals surface area contributed by atoms with Gasteiger partial charge in [-0.25, -0.2) is 4.79 Å². The molecule has 0 spiro atoms. The number of benzene rings is 1. The third-order valence-corrected chi connectivity index (χ3v) is 7.81. The third kappa shape index (κ3) is 13.7. The quantitative estimate of drug-likeness (QED) is 0.0967. The van der Waals surface area contributed by atoms with Crippen molar-refractivity contribution in [1.29, 1.82) is 0 Å². The van der Waals surface area contributed by atoms with E-state index in [1.54, 1.807) is 24.0 Å². The molecule has 40 heavy (non-hydrogen) atoms. The lowest BCUT2D eigenvalue weighted by Gasteiger charge is -2.15. The maximum atomic E-state index is 12.1. The molecule has 0 aromatic heterocycles. The number of carboxylic acids is 1. The molecule has 0 fully saturated rings. The fourth-order valence-corrected chi connectivity index (χ4v) is 5.71. The van der Waals surface area contributed by atoms with Gasteiger partial charge >= 0.3 is 5.97 Å². The first kappa shape index (κ1) is 35.5. The average Bonchev–Trinajstić information content (AvgIpc) is 3.47. The van der Waals surface area contributed by atoms with E-state index in [0.717, 1.165) is 51.8 Å². The second kappa shape index (κ2) is 20.4. The first-order chi connectivity index (χ1) is 19.2. The van der Waals surface area contributed by atoms with E-state index in [4.69, 9.17) is 15.2 Å². The van der Waals surface area contributed by atoms with E-state index in [-0.39, 0.29) is 0 Å². The Hall–Kier alpha value is -2.50. The number of rotatable bonds is 17. The van der Waals surface area contributed by atoms with Gasteiger partial charge in [-0.15, -0.1) is 23.5 Å². The van der Waals surface area contributed by atoms with Gasteiger partial charge in [0.25, 0.3) is 0 Å². The minimum Gasteiger partial charge on any atom is -0.491 e. The van der Waals surface area contributed by atoms with Crippen molar-refractivity contribution in [1.82, 2.24) is 4.90 Å². The van der Waals surface area contributed by atoms with Crippen LogP contribution < -0.4 is 16.2 Å². The van der Waals surface area contributed by atoms with Gasteiger partial charge in [0, 0.05) is 50.9 Å². The second-order valence-electron chi connectivity index (χ2n) is 9.46. The van der Waals surface area contributed by atoms with Gasteiger partial charge in [0.2, 0.25) is 0 Å². The van der Waals surface area contributed by atoms with E-state index in [9.17, 15) is 9.90 Å². The van der Waals surface area contributed by atoms with Crippen LogP contribution in [0.2, 0.25) is 0 Å². The number of ether oxygens (including phenoxy) is 2. The number of aliphatic carboxylic acids is 1. The number of likely N-dealkylation sites (N-methyl/N-ethyl adjacent to an activating group) is 1. The first-order valence-electron chi connectivity index (χ1n) is 13.3. The van der Waals surface area contributed by atoms with Gasteiger partial charge in [0.05, 0.1) is 13.2 Å². The molecule has 1 aromatic carbocycles. The maximum absolute atomic E-state index is 12.1. The summed E-state index contributed by atoms with van der Waals surface area (Å²) in [7, 11) is 5.52. The highest BCUT2D eigenvalue weighted by Crippen LogP contribution is 2.35. The number of hydrogen-bond donors (Lipinski definition) is 3. The normalized spacial score (nSPS) is 14.4. The highest BCUT2D eigenvalue weighted by atomic mass is 32.2. The van der Waals surface area contributed by atoms with Crippen molar-refractivity contribution < 1.29 is 19.4 Å². The van der Waals surface area contributed by atoms with E-state index in [0.29, 0.717) is 42.8 Å². The third-order valence-electron chi connectivity index (χ3n) is 5.46. The minimum atomic E-state index is -0.953. The fraction of sp³-hybridized carbons (Fsp3) is 0.467. The van der Waals surface area contributed by atoms with Crippen molar-refractivity contribution in [2.24, 2.45) is 22.4 Å². The zero-order valence-electron chi connectivity index (χ0n) is 24.5. The number of aliphatic imine (C=N–C) groups is 1. The molecule has 0 amide bonds. The Morgan fingerprint density at radius 1 is 1.23 bits per heavy atom. The smallest absolute Gasteiger partial charge is 0.332 e. The molecule has 0 bridgehead atoms. The van der Waals surface area contributed by atoms with Crippen molar-refractivity contribution in [2.75, 3.05) is 59.0 Å². The van der Waals surface area contributed by atoms with E-state index >= 15 is 0 Å². The summed E-state index contributed by atoms with van der Waals surface area (Å²) in [4.78, 5) is 20.1. The number of carbonyl (C=O) groups is 1. The number of nitrogens with zero attached hydrogens (tertiary/aromatic N) is 2. The standard InChI is InChI=1S/C29H41N3O4S2.CH5N/c1-21(2)17-27(38-20-24(29(33)34)18-23(19-31-3)26-7-6-16-37-26)28(30)22-8-10-25(11-9-22)36-15-14-35-13-12-32(4)5;1-2/h7-11,18-19,21H,3,6,12-17,20,30H2,1-2,4-5H3,(H,33,34);2H2,1H3/b23-19+,24-18+,28-27-;. The minimum absolute atomic E-state index is 0.291. The zero-order chi connectivity index (χ0) is 29.9. The van der Waals surface area contributed by atoms with E-state index in [2.05, 4.69) is 42.3 Å². The van der Waals surface area contributed by atoms with Crippen LogP contribution in [0.15, 0.2) is 68.6 Å². The van der Waals surface area contributed by atoms with Crippen LogP contribution in [0.4, 0.5) is 0 Å². The molecular formula is C30H46N4O4S2.